The molecule has 27 heavy (non-hydrogen) atoms. The summed E-state index contributed by atoms with van der Waals surface area (Å²) in [5, 5.41) is 14.6. The number of fused-ring (bicyclic) bond motifs is 1. The van der Waals surface area contributed by atoms with Gasteiger partial charge in [0.15, 0.2) is 0 Å². The molecule has 0 aliphatic heterocycles. The molecule has 2 aromatic heterocycles. The van der Waals surface area contributed by atoms with E-state index in [9.17, 15) is 10.0 Å². The van der Waals surface area contributed by atoms with E-state index in [0.29, 0.717) is 6.42 Å². The number of rotatable bonds is 5. The van der Waals surface area contributed by atoms with Gasteiger partial charge in [-0.25, -0.2) is 15.4 Å². The smallest absolute Gasteiger partial charge is 0.268 e. The van der Waals surface area contributed by atoms with Gasteiger partial charge in [0.1, 0.15) is 12.4 Å². The third kappa shape index (κ3) is 3.40. The number of hydrogen-bond acceptors (Lipinski definition) is 5. The number of hydroxylamine groups is 1. The van der Waals surface area contributed by atoms with Crippen molar-refractivity contribution in [3.05, 3.63) is 79.0 Å². The van der Waals surface area contributed by atoms with Crippen molar-refractivity contribution in [2.24, 2.45) is 0 Å². The Kier molecular flexibility index (Phi) is 4.59. The van der Waals surface area contributed by atoms with Crippen LogP contribution in [0.4, 0.5) is 0 Å². The second kappa shape index (κ2) is 7.35. The summed E-state index contributed by atoms with van der Waals surface area (Å²) >= 11 is 0. The molecule has 2 aromatic carbocycles. The maximum Gasteiger partial charge on any atom is 0.268 e. The number of hydrogen-bond donors (Lipinski definition) is 2. The minimum atomic E-state index is -0.676. The molecule has 0 saturated carbocycles. The van der Waals surface area contributed by atoms with Crippen molar-refractivity contribution in [1.29, 1.82) is 0 Å². The molecule has 2 heterocycles. The molecule has 0 radical (unpaired) electrons. The molecule has 4 aromatic rings. The Morgan fingerprint density at radius 3 is 2.59 bits per heavy atom. The quantitative estimate of drug-likeness (QED) is 0.422. The minimum Gasteiger partial charge on any atom is -0.289 e. The van der Waals surface area contributed by atoms with Crippen molar-refractivity contribution in [3.8, 4) is 11.1 Å². The first kappa shape index (κ1) is 16.9. The van der Waals surface area contributed by atoms with Crippen molar-refractivity contribution in [1.82, 2.24) is 25.2 Å². The van der Waals surface area contributed by atoms with E-state index < -0.39 is 11.9 Å². The van der Waals surface area contributed by atoms with Crippen LogP contribution >= 0.6 is 0 Å². The summed E-state index contributed by atoms with van der Waals surface area (Å²) in [6.45, 7) is 0. The fourth-order valence-corrected chi connectivity index (χ4v) is 3.13. The summed E-state index contributed by atoms with van der Waals surface area (Å²) in [7, 11) is 0. The van der Waals surface area contributed by atoms with Gasteiger partial charge in [-0.15, -0.1) is 0 Å². The topological polar surface area (TPSA) is 92.9 Å². The SMILES string of the molecule is O=C(NO)C(Cc1ccccc1)n1cc2c(-c3cncnc3)cccc2n1. The number of carbonyl (C=O) groups is 1. The highest BCUT2D eigenvalue weighted by atomic mass is 16.5. The summed E-state index contributed by atoms with van der Waals surface area (Å²) in [5.41, 5.74) is 5.28. The van der Waals surface area contributed by atoms with Crippen LogP contribution in [0.1, 0.15) is 11.6 Å². The maximum atomic E-state index is 12.3. The van der Waals surface area contributed by atoms with Gasteiger partial charge >= 0.3 is 0 Å². The third-order valence-electron chi connectivity index (χ3n) is 4.44. The fourth-order valence-electron chi connectivity index (χ4n) is 3.13. The molecule has 0 saturated heterocycles. The lowest BCUT2D eigenvalue weighted by Gasteiger charge is -2.15. The van der Waals surface area contributed by atoms with Gasteiger partial charge in [-0.3, -0.25) is 14.7 Å². The molecule has 1 amide bonds. The lowest BCUT2D eigenvalue weighted by Crippen LogP contribution is -2.32. The molecule has 0 spiro atoms. The summed E-state index contributed by atoms with van der Waals surface area (Å²) in [6, 6.07) is 14.7. The van der Waals surface area contributed by atoms with Gasteiger partial charge in [-0.2, -0.15) is 5.10 Å². The second-order valence-electron chi connectivity index (χ2n) is 6.16. The van der Waals surface area contributed by atoms with Crippen LogP contribution in [0, 0.1) is 0 Å². The van der Waals surface area contributed by atoms with Gasteiger partial charge in [-0.05, 0) is 17.2 Å². The van der Waals surface area contributed by atoms with Crippen LogP contribution in [0.15, 0.2) is 73.4 Å². The van der Waals surface area contributed by atoms with E-state index in [0.717, 1.165) is 27.6 Å². The molecule has 0 fully saturated rings. The average Bonchev–Trinajstić information content (AvgIpc) is 3.17. The molecule has 0 aliphatic carbocycles. The Balaban J connectivity index is 1.78. The molecule has 1 atom stereocenters. The Labute approximate surface area is 155 Å². The van der Waals surface area contributed by atoms with Crippen LogP contribution in [0.5, 0.6) is 0 Å². The van der Waals surface area contributed by atoms with Gasteiger partial charge in [0.2, 0.25) is 0 Å². The standard InChI is InChI=1S/C20H17N5O2/c26-20(24-27)19(9-14-5-2-1-3-6-14)25-12-17-16(7-4-8-18(17)23-25)15-10-21-13-22-11-15/h1-8,10-13,19,27H,9H2,(H,24,26). The number of amides is 1. The van der Waals surface area contributed by atoms with E-state index in [1.807, 2.05) is 54.7 Å². The monoisotopic (exact) mass is 359 g/mol. The van der Waals surface area contributed by atoms with Crippen LogP contribution in [0.2, 0.25) is 0 Å². The number of benzene rings is 2. The molecule has 1 unspecified atom stereocenters. The van der Waals surface area contributed by atoms with Crippen molar-refractivity contribution < 1.29 is 10.0 Å². The van der Waals surface area contributed by atoms with E-state index in [1.165, 1.54) is 6.33 Å². The summed E-state index contributed by atoms with van der Waals surface area (Å²) in [6.07, 6.45) is 7.18. The summed E-state index contributed by atoms with van der Waals surface area (Å²) in [5.74, 6) is -0.517. The predicted octanol–water partition coefficient (Wildman–Crippen LogP) is 2.78. The molecule has 7 nitrogen and oxygen atoms in total. The Bertz CT molecular complexity index is 1060. The van der Waals surface area contributed by atoms with E-state index in [-0.39, 0.29) is 0 Å². The molecular formula is C20H17N5O2. The molecule has 7 heteroatoms. The highest BCUT2D eigenvalue weighted by Gasteiger charge is 2.22. The first-order valence-electron chi connectivity index (χ1n) is 8.47. The van der Waals surface area contributed by atoms with E-state index in [1.54, 1.807) is 22.6 Å². The summed E-state index contributed by atoms with van der Waals surface area (Å²) < 4.78 is 1.59. The normalized spacial score (nSPS) is 12.0. The maximum absolute atomic E-state index is 12.3. The molecule has 0 aliphatic rings. The highest BCUT2D eigenvalue weighted by molar-refractivity contribution is 5.94. The van der Waals surface area contributed by atoms with Gasteiger partial charge in [-0.1, -0.05) is 42.5 Å². The number of nitrogens with one attached hydrogen (secondary N) is 1. The molecule has 0 bridgehead atoms. The van der Waals surface area contributed by atoms with Crippen molar-refractivity contribution in [2.75, 3.05) is 0 Å². The van der Waals surface area contributed by atoms with Gasteiger partial charge in [0.05, 0.1) is 5.52 Å². The highest BCUT2D eigenvalue weighted by Crippen LogP contribution is 2.28. The predicted molar refractivity (Wildman–Crippen MR) is 99.9 cm³/mol. The van der Waals surface area contributed by atoms with Crippen LogP contribution in [0.25, 0.3) is 22.0 Å². The van der Waals surface area contributed by atoms with Crippen LogP contribution in [0.3, 0.4) is 0 Å². The van der Waals surface area contributed by atoms with Crippen LogP contribution < -0.4 is 5.48 Å². The van der Waals surface area contributed by atoms with Gasteiger partial charge < -0.3 is 0 Å². The zero-order valence-corrected chi connectivity index (χ0v) is 14.4. The first-order chi connectivity index (χ1) is 13.3. The fraction of sp³-hybridized carbons (Fsp3) is 0.100. The van der Waals surface area contributed by atoms with Gasteiger partial charge in [0.25, 0.3) is 5.91 Å². The zero-order chi connectivity index (χ0) is 18.6. The molecular weight excluding hydrogens is 342 g/mol. The number of carbonyl (C=O) groups excluding carboxylic acids is 1. The van der Waals surface area contributed by atoms with Crippen molar-refractivity contribution >= 4 is 16.8 Å². The molecule has 2 N–H and O–H groups in total. The largest absolute Gasteiger partial charge is 0.289 e. The number of aromatic nitrogens is 4. The van der Waals surface area contributed by atoms with Crippen LogP contribution in [-0.2, 0) is 11.2 Å². The lowest BCUT2D eigenvalue weighted by atomic mass is 10.0. The van der Waals surface area contributed by atoms with Crippen LogP contribution in [-0.4, -0.2) is 30.9 Å². The Morgan fingerprint density at radius 1 is 1.07 bits per heavy atom. The molecule has 4 rings (SSSR count). The first-order valence-corrected chi connectivity index (χ1v) is 8.47. The van der Waals surface area contributed by atoms with Crippen molar-refractivity contribution in [2.45, 2.75) is 12.5 Å². The zero-order valence-electron chi connectivity index (χ0n) is 14.4. The van der Waals surface area contributed by atoms with Crippen molar-refractivity contribution in [3.63, 3.8) is 0 Å². The van der Waals surface area contributed by atoms with E-state index in [4.69, 9.17) is 0 Å². The van der Waals surface area contributed by atoms with E-state index >= 15 is 0 Å². The Morgan fingerprint density at radius 2 is 1.85 bits per heavy atom. The minimum absolute atomic E-state index is 0.408. The van der Waals surface area contributed by atoms with Gasteiger partial charge in [0, 0.05) is 36.0 Å². The van der Waals surface area contributed by atoms with E-state index in [2.05, 4.69) is 15.1 Å². The summed E-state index contributed by atoms with van der Waals surface area (Å²) in [4.78, 5) is 20.4. The number of nitrogens with zero attached hydrogens (tertiary/aromatic N) is 4. The third-order valence-corrected chi connectivity index (χ3v) is 4.44. The lowest BCUT2D eigenvalue weighted by molar-refractivity contribution is -0.132. The Hall–Kier alpha value is -3.58. The second-order valence-corrected chi connectivity index (χ2v) is 6.16. The molecule has 134 valence electrons. The average molecular weight is 359 g/mol.